The average molecular weight is 415 g/mol. The van der Waals surface area contributed by atoms with E-state index in [2.05, 4.69) is 5.32 Å². The standard InChI is InChI=1S/C18H20Cl2N2O3S/c1-13-6-3-7-14(12-13)22(26(2,24)25)11-5-10-17(23)21-18-15(19)8-4-9-16(18)20/h3-4,6-9,12H,5,10-11H2,1-2H3,(H,21,23). The lowest BCUT2D eigenvalue weighted by molar-refractivity contribution is -0.116. The molecule has 0 saturated heterocycles. The first kappa shape index (κ1) is 20.6. The van der Waals surface area contributed by atoms with E-state index in [-0.39, 0.29) is 18.9 Å². The molecule has 0 spiro atoms. The molecule has 1 amide bonds. The van der Waals surface area contributed by atoms with Crippen molar-refractivity contribution in [1.82, 2.24) is 0 Å². The van der Waals surface area contributed by atoms with Gasteiger partial charge in [-0.05, 0) is 43.2 Å². The van der Waals surface area contributed by atoms with Crippen LogP contribution < -0.4 is 9.62 Å². The molecule has 0 atom stereocenters. The lowest BCUT2D eigenvalue weighted by atomic mass is 10.2. The van der Waals surface area contributed by atoms with E-state index < -0.39 is 10.0 Å². The van der Waals surface area contributed by atoms with E-state index >= 15 is 0 Å². The van der Waals surface area contributed by atoms with Crippen LogP contribution in [0.15, 0.2) is 42.5 Å². The molecule has 0 bridgehead atoms. The largest absolute Gasteiger partial charge is 0.324 e. The number of amides is 1. The minimum absolute atomic E-state index is 0.138. The Hall–Kier alpha value is -1.76. The predicted octanol–water partition coefficient (Wildman–Crippen LogP) is 4.49. The van der Waals surface area contributed by atoms with Crippen LogP contribution in [-0.4, -0.2) is 27.1 Å². The minimum atomic E-state index is -3.45. The first-order valence-corrected chi connectivity index (χ1v) is 10.6. The Morgan fingerprint density at radius 1 is 1.12 bits per heavy atom. The molecule has 0 aliphatic carbocycles. The van der Waals surface area contributed by atoms with Crippen LogP contribution in [-0.2, 0) is 14.8 Å². The third kappa shape index (κ3) is 5.62. The second-order valence-corrected chi connectivity index (χ2v) is 8.64. The molecule has 0 heterocycles. The van der Waals surface area contributed by atoms with Gasteiger partial charge in [-0.15, -0.1) is 0 Å². The van der Waals surface area contributed by atoms with Crippen LogP contribution in [0.25, 0.3) is 0 Å². The monoisotopic (exact) mass is 414 g/mol. The molecule has 0 aliphatic heterocycles. The van der Waals surface area contributed by atoms with E-state index in [9.17, 15) is 13.2 Å². The summed E-state index contributed by atoms with van der Waals surface area (Å²) in [7, 11) is -3.45. The zero-order chi connectivity index (χ0) is 19.3. The van der Waals surface area contributed by atoms with Gasteiger partial charge in [0, 0.05) is 13.0 Å². The highest BCUT2D eigenvalue weighted by Gasteiger charge is 2.18. The number of carbonyl (C=O) groups excluding carboxylic acids is 1. The second kappa shape index (κ2) is 8.75. The zero-order valence-corrected chi connectivity index (χ0v) is 16.8. The summed E-state index contributed by atoms with van der Waals surface area (Å²) in [6, 6.07) is 12.2. The van der Waals surface area contributed by atoms with E-state index in [0.717, 1.165) is 11.8 Å². The summed E-state index contributed by atoms with van der Waals surface area (Å²) in [5, 5.41) is 3.37. The zero-order valence-electron chi connectivity index (χ0n) is 14.5. The molecule has 2 aromatic rings. The number of anilines is 2. The third-order valence-corrected chi connectivity index (χ3v) is 5.51. The van der Waals surface area contributed by atoms with Crippen LogP contribution in [0, 0.1) is 6.92 Å². The van der Waals surface area contributed by atoms with Gasteiger partial charge < -0.3 is 5.32 Å². The lowest BCUT2D eigenvalue weighted by Gasteiger charge is -2.22. The van der Waals surface area contributed by atoms with Gasteiger partial charge in [-0.2, -0.15) is 0 Å². The summed E-state index contributed by atoms with van der Waals surface area (Å²) in [6.45, 7) is 2.09. The molecule has 140 valence electrons. The molecule has 8 heteroatoms. The molecule has 2 aromatic carbocycles. The minimum Gasteiger partial charge on any atom is -0.324 e. The molecule has 26 heavy (non-hydrogen) atoms. The van der Waals surface area contributed by atoms with Crippen molar-refractivity contribution in [1.29, 1.82) is 0 Å². The molecule has 0 saturated carbocycles. The van der Waals surface area contributed by atoms with Crippen molar-refractivity contribution >= 4 is 50.5 Å². The van der Waals surface area contributed by atoms with E-state index in [1.165, 1.54) is 4.31 Å². The summed E-state index contributed by atoms with van der Waals surface area (Å²) in [4.78, 5) is 12.1. The van der Waals surface area contributed by atoms with Gasteiger partial charge in [0.1, 0.15) is 0 Å². The van der Waals surface area contributed by atoms with Crippen molar-refractivity contribution in [2.45, 2.75) is 19.8 Å². The molecular formula is C18H20Cl2N2O3S. The van der Waals surface area contributed by atoms with Gasteiger partial charge in [0.2, 0.25) is 15.9 Å². The number of halogens is 2. The maximum absolute atomic E-state index is 12.1. The van der Waals surface area contributed by atoms with Crippen molar-refractivity contribution in [3.8, 4) is 0 Å². The Morgan fingerprint density at radius 3 is 2.31 bits per heavy atom. The van der Waals surface area contributed by atoms with Gasteiger partial charge in [0.05, 0.1) is 27.7 Å². The number of rotatable bonds is 7. The summed E-state index contributed by atoms with van der Waals surface area (Å²) in [5.41, 5.74) is 1.91. The molecule has 0 aliphatic rings. The Bertz CT molecular complexity index is 881. The van der Waals surface area contributed by atoms with Crippen molar-refractivity contribution in [3.63, 3.8) is 0 Å². The van der Waals surface area contributed by atoms with Crippen LogP contribution >= 0.6 is 23.2 Å². The van der Waals surface area contributed by atoms with Crippen LogP contribution in [0.4, 0.5) is 11.4 Å². The maximum atomic E-state index is 12.1. The van der Waals surface area contributed by atoms with Gasteiger partial charge in [-0.25, -0.2) is 8.42 Å². The Balaban J connectivity index is 2.00. The van der Waals surface area contributed by atoms with Crippen molar-refractivity contribution in [3.05, 3.63) is 58.1 Å². The predicted molar refractivity (Wildman–Crippen MR) is 108 cm³/mol. The van der Waals surface area contributed by atoms with Gasteiger partial charge in [-0.3, -0.25) is 9.10 Å². The van der Waals surface area contributed by atoms with Gasteiger partial charge in [0.25, 0.3) is 0 Å². The Labute approximate surface area is 164 Å². The average Bonchev–Trinajstić information content (AvgIpc) is 2.54. The summed E-state index contributed by atoms with van der Waals surface area (Å²) >= 11 is 12.1. The van der Waals surface area contributed by atoms with E-state index in [1.54, 1.807) is 36.4 Å². The highest BCUT2D eigenvalue weighted by atomic mass is 35.5. The quantitative estimate of drug-likeness (QED) is 0.725. The number of aryl methyl sites for hydroxylation is 1. The van der Waals surface area contributed by atoms with Crippen LogP contribution in [0.3, 0.4) is 0 Å². The second-order valence-electron chi connectivity index (χ2n) is 5.92. The van der Waals surface area contributed by atoms with E-state index in [1.807, 2.05) is 13.0 Å². The molecule has 5 nitrogen and oxygen atoms in total. The van der Waals surface area contributed by atoms with E-state index in [4.69, 9.17) is 23.2 Å². The number of hydrogen-bond acceptors (Lipinski definition) is 3. The van der Waals surface area contributed by atoms with Crippen LogP contribution in [0.5, 0.6) is 0 Å². The summed E-state index contributed by atoms with van der Waals surface area (Å²) in [5.74, 6) is -0.280. The highest BCUT2D eigenvalue weighted by Crippen LogP contribution is 2.30. The Morgan fingerprint density at radius 2 is 1.73 bits per heavy atom. The number of hydrogen-bond donors (Lipinski definition) is 1. The molecule has 0 aromatic heterocycles. The van der Waals surface area contributed by atoms with Crippen LogP contribution in [0.1, 0.15) is 18.4 Å². The van der Waals surface area contributed by atoms with Crippen molar-refractivity contribution in [2.75, 3.05) is 22.4 Å². The molecule has 1 N–H and O–H groups in total. The fourth-order valence-electron chi connectivity index (χ4n) is 2.47. The van der Waals surface area contributed by atoms with Crippen LogP contribution in [0.2, 0.25) is 10.0 Å². The number of sulfonamides is 1. The third-order valence-electron chi connectivity index (χ3n) is 3.68. The normalized spacial score (nSPS) is 11.2. The molecule has 0 fully saturated rings. The highest BCUT2D eigenvalue weighted by molar-refractivity contribution is 7.92. The number of carbonyl (C=O) groups is 1. The first-order chi connectivity index (χ1) is 12.2. The van der Waals surface area contributed by atoms with Crippen molar-refractivity contribution in [2.24, 2.45) is 0 Å². The van der Waals surface area contributed by atoms with E-state index in [0.29, 0.717) is 27.8 Å². The number of benzene rings is 2. The topological polar surface area (TPSA) is 66.5 Å². The van der Waals surface area contributed by atoms with Gasteiger partial charge >= 0.3 is 0 Å². The fraction of sp³-hybridized carbons (Fsp3) is 0.278. The maximum Gasteiger partial charge on any atom is 0.232 e. The summed E-state index contributed by atoms with van der Waals surface area (Å²) < 4.78 is 25.5. The smallest absolute Gasteiger partial charge is 0.232 e. The van der Waals surface area contributed by atoms with Crippen molar-refractivity contribution < 1.29 is 13.2 Å². The van der Waals surface area contributed by atoms with Gasteiger partial charge in [-0.1, -0.05) is 41.4 Å². The first-order valence-electron chi connectivity index (χ1n) is 7.97. The molecular weight excluding hydrogens is 395 g/mol. The molecule has 2 rings (SSSR count). The summed E-state index contributed by atoms with van der Waals surface area (Å²) in [6.07, 6.45) is 1.65. The number of nitrogens with zero attached hydrogens (tertiary/aromatic N) is 1. The number of nitrogens with one attached hydrogen (secondary N) is 1. The number of para-hydroxylation sites is 1. The lowest BCUT2D eigenvalue weighted by Crippen LogP contribution is -2.31. The fourth-order valence-corrected chi connectivity index (χ4v) is 3.92. The molecule has 0 radical (unpaired) electrons. The van der Waals surface area contributed by atoms with Gasteiger partial charge in [0.15, 0.2) is 0 Å². The Kier molecular flexibility index (Phi) is 6.92. The molecule has 0 unspecified atom stereocenters. The SMILES string of the molecule is Cc1cccc(N(CCCC(=O)Nc2c(Cl)cccc2Cl)S(C)(=O)=O)c1.